The number of esters is 1. The summed E-state index contributed by atoms with van der Waals surface area (Å²) >= 11 is 0. The lowest BCUT2D eigenvalue weighted by molar-refractivity contribution is -0.136. The number of aromatic nitrogens is 1. The Balaban J connectivity index is 1.62. The fraction of sp³-hybridized carbons (Fsp3) is 0.100. The molecule has 0 unspecified atom stereocenters. The molecule has 3 aromatic rings. The summed E-state index contributed by atoms with van der Waals surface area (Å²) in [5, 5.41) is 0.813. The van der Waals surface area contributed by atoms with E-state index in [4.69, 9.17) is 9.47 Å². The largest absolute Gasteiger partial charge is 0.496 e. The lowest BCUT2D eigenvalue weighted by Gasteiger charge is -2.03. The highest BCUT2D eigenvalue weighted by atomic mass is 16.5. The first-order valence-electron chi connectivity index (χ1n) is 7.76. The van der Waals surface area contributed by atoms with Gasteiger partial charge in [0, 0.05) is 34.3 Å². The van der Waals surface area contributed by atoms with E-state index in [0.717, 1.165) is 16.5 Å². The number of rotatable bonds is 6. The number of benzene rings is 2. The standard InChI is InChI=1S/C20H17NO4/c1-24-19-9-5-2-6-14(19)10-11-20(23)25-13-18(22)16-12-21-17-8-4-3-7-15(16)17/h2-12,21H,13H2,1H3/b11-10+. The number of H-pyrrole nitrogens is 1. The molecule has 1 aromatic heterocycles. The summed E-state index contributed by atoms with van der Waals surface area (Å²) in [6.45, 7) is -0.309. The number of hydrogen-bond donors (Lipinski definition) is 1. The number of carbonyl (C=O) groups is 2. The predicted octanol–water partition coefficient (Wildman–Crippen LogP) is 3.62. The molecule has 0 amide bonds. The van der Waals surface area contributed by atoms with Gasteiger partial charge in [-0.05, 0) is 18.2 Å². The Morgan fingerprint density at radius 1 is 1.08 bits per heavy atom. The van der Waals surface area contributed by atoms with Gasteiger partial charge < -0.3 is 14.5 Å². The number of hydrogen-bond acceptors (Lipinski definition) is 4. The van der Waals surface area contributed by atoms with Gasteiger partial charge in [-0.2, -0.15) is 0 Å². The van der Waals surface area contributed by atoms with Crippen molar-refractivity contribution in [2.45, 2.75) is 0 Å². The van der Waals surface area contributed by atoms with Gasteiger partial charge in [0.05, 0.1) is 7.11 Å². The maximum atomic E-state index is 12.3. The fourth-order valence-electron chi connectivity index (χ4n) is 2.53. The SMILES string of the molecule is COc1ccccc1/C=C/C(=O)OCC(=O)c1c[nH]c2ccccc12. The number of fused-ring (bicyclic) bond motifs is 1. The van der Waals surface area contributed by atoms with Crippen LogP contribution in [-0.4, -0.2) is 30.5 Å². The van der Waals surface area contributed by atoms with Crippen LogP contribution in [0, 0.1) is 0 Å². The van der Waals surface area contributed by atoms with Crippen molar-refractivity contribution in [1.29, 1.82) is 0 Å². The average molecular weight is 335 g/mol. The molecular weight excluding hydrogens is 318 g/mol. The van der Waals surface area contributed by atoms with Gasteiger partial charge in [0.15, 0.2) is 6.61 Å². The van der Waals surface area contributed by atoms with Crippen LogP contribution in [0.25, 0.3) is 17.0 Å². The first-order valence-corrected chi connectivity index (χ1v) is 7.76. The summed E-state index contributed by atoms with van der Waals surface area (Å²) in [5.74, 6) is -0.183. The Hall–Kier alpha value is -3.34. The second-order valence-corrected chi connectivity index (χ2v) is 5.35. The minimum atomic E-state index is -0.584. The van der Waals surface area contributed by atoms with E-state index in [1.54, 1.807) is 25.4 Å². The number of aromatic amines is 1. The summed E-state index contributed by atoms with van der Waals surface area (Å²) < 4.78 is 10.2. The van der Waals surface area contributed by atoms with E-state index in [2.05, 4.69) is 4.98 Å². The van der Waals surface area contributed by atoms with Crippen LogP contribution in [0.1, 0.15) is 15.9 Å². The molecule has 0 spiro atoms. The third-order valence-corrected chi connectivity index (χ3v) is 3.77. The molecule has 0 bridgehead atoms. The molecule has 2 aromatic carbocycles. The molecule has 126 valence electrons. The fourth-order valence-corrected chi connectivity index (χ4v) is 2.53. The molecule has 25 heavy (non-hydrogen) atoms. The van der Waals surface area contributed by atoms with Gasteiger partial charge in [0.2, 0.25) is 5.78 Å². The third kappa shape index (κ3) is 3.77. The Kier molecular flexibility index (Phi) is 4.95. The zero-order chi connectivity index (χ0) is 17.6. The maximum Gasteiger partial charge on any atom is 0.331 e. The van der Waals surface area contributed by atoms with Crippen molar-refractivity contribution in [2.75, 3.05) is 13.7 Å². The Labute approximate surface area is 144 Å². The maximum absolute atomic E-state index is 12.3. The molecule has 0 aliphatic carbocycles. The van der Waals surface area contributed by atoms with Crippen LogP contribution < -0.4 is 4.74 Å². The smallest absolute Gasteiger partial charge is 0.331 e. The van der Waals surface area contributed by atoms with Crippen LogP contribution in [0.15, 0.2) is 60.8 Å². The molecule has 1 N–H and O–H groups in total. The van der Waals surface area contributed by atoms with Crippen LogP contribution in [0.4, 0.5) is 0 Å². The van der Waals surface area contributed by atoms with Crippen LogP contribution in [0.3, 0.4) is 0 Å². The molecular formula is C20H17NO4. The highest BCUT2D eigenvalue weighted by Gasteiger charge is 2.13. The van der Waals surface area contributed by atoms with Crippen LogP contribution >= 0.6 is 0 Å². The van der Waals surface area contributed by atoms with Crippen molar-refractivity contribution in [3.8, 4) is 5.75 Å². The van der Waals surface area contributed by atoms with E-state index < -0.39 is 5.97 Å². The van der Waals surface area contributed by atoms with E-state index >= 15 is 0 Å². The summed E-state index contributed by atoms with van der Waals surface area (Å²) in [5.41, 5.74) is 2.13. The minimum absolute atomic E-state index is 0.253. The highest BCUT2D eigenvalue weighted by molar-refractivity contribution is 6.09. The van der Waals surface area contributed by atoms with Gasteiger partial charge in [0.1, 0.15) is 5.75 Å². The van der Waals surface area contributed by atoms with Gasteiger partial charge >= 0.3 is 5.97 Å². The topological polar surface area (TPSA) is 68.4 Å². The van der Waals surface area contributed by atoms with Crippen molar-refractivity contribution >= 4 is 28.7 Å². The summed E-state index contributed by atoms with van der Waals surface area (Å²) in [4.78, 5) is 27.1. The summed E-state index contributed by atoms with van der Waals surface area (Å²) in [6, 6.07) is 14.8. The third-order valence-electron chi connectivity index (χ3n) is 3.77. The first kappa shape index (κ1) is 16.5. The molecule has 1 heterocycles. The predicted molar refractivity (Wildman–Crippen MR) is 95.6 cm³/mol. The van der Waals surface area contributed by atoms with Crippen molar-refractivity contribution in [3.05, 3.63) is 71.9 Å². The zero-order valence-electron chi connectivity index (χ0n) is 13.7. The first-order chi connectivity index (χ1) is 12.2. The molecule has 3 rings (SSSR count). The van der Waals surface area contributed by atoms with Crippen molar-refractivity contribution in [2.24, 2.45) is 0 Å². The molecule has 5 nitrogen and oxygen atoms in total. The molecule has 0 saturated heterocycles. The number of ketones is 1. The molecule has 0 aliphatic rings. The number of carbonyl (C=O) groups excluding carboxylic acids is 2. The highest BCUT2D eigenvalue weighted by Crippen LogP contribution is 2.19. The number of methoxy groups -OCH3 is 1. The van der Waals surface area contributed by atoms with E-state index in [0.29, 0.717) is 11.3 Å². The molecule has 0 atom stereocenters. The average Bonchev–Trinajstić information content (AvgIpc) is 3.09. The van der Waals surface area contributed by atoms with Crippen molar-refractivity contribution < 1.29 is 19.1 Å². The molecule has 5 heteroatoms. The summed E-state index contributed by atoms with van der Waals surface area (Å²) in [6.07, 6.45) is 4.50. The van der Waals surface area contributed by atoms with Gasteiger partial charge in [0.25, 0.3) is 0 Å². The molecule has 0 saturated carbocycles. The molecule has 0 aliphatic heterocycles. The number of ether oxygens (including phenoxy) is 2. The van der Waals surface area contributed by atoms with Gasteiger partial charge in [-0.1, -0.05) is 36.4 Å². The summed E-state index contributed by atoms with van der Waals surface area (Å²) in [7, 11) is 1.56. The number of nitrogens with one attached hydrogen (secondary N) is 1. The Morgan fingerprint density at radius 2 is 1.84 bits per heavy atom. The lowest BCUT2D eigenvalue weighted by Crippen LogP contribution is -2.12. The van der Waals surface area contributed by atoms with Crippen LogP contribution in [-0.2, 0) is 9.53 Å². The van der Waals surface area contributed by atoms with Gasteiger partial charge in [-0.3, -0.25) is 4.79 Å². The van der Waals surface area contributed by atoms with Crippen molar-refractivity contribution in [1.82, 2.24) is 4.98 Å². The Morgan fingerprint density at radius 3 is 2.68 bits per heavy atom. The van der Waals surface area contributed by atoms with Gasteiger partial charge in [-0.15, -0.1) is 0 Å². The van der Waals surface area contributed by atoms with Crippen LogP contribution in [0.5, 0.6) is 5.75 Å². The van der Waals surface area contributed by atoms with Crippen molar-refractivity contribution in [3.63, 3.8) is 0 Å². The molecule has 0 radical (unpaired) electrons. The molecule has 0 fully saturated rings. The number of Topliss-reactive ketones (excluding diaryl/α,β-unsaturated/α-hetero) is 1. The van der Waals surface area contributed by atoms with Gasteiger partial charge in [-0.25, -0.2) is 4.79 Å². The van der Waals surface area contributed by atoms with E-state index in [1.165, 1.54) is 6.08 Å². The Bertz CT molecular complexity index is 940. The van der Waals surface area contributed by atoms with Crippen LogP contribution in [0.2, 0.25) is 0 Å². The van der Waals surface area contributed by atoms with E-state index in [1.807, 2.05) is 42.5 Å². The van der Waals surface area contributed by atoms with E-state index in [9.17, 15) is 9.59 Å². The second-order valence-electron chi connectivity index (χ2n) is 5.35. The second kappa shape index (κ2) is 7.49. The number of para-hydroxylation sites is 2. The lowest BCUT2D eigenvalue weighted by atomic mass is 10.1. The normalized spacial score (nSPS) is 10.9. The minimum Gasteiger partial charge on any atom is -0.496 e. The monoisotopic (exact) mass is 335 g/mol. The quantitative estimate of drug-likeness (QED) is 0.424. The zero-order valence-corrected chi connectivity index (χ0v) is 13.7. The van der Waals surface area contributed by atoms with E-state index in [-0.39, 0.29) is 12.4 Å².